The normalized spacial score (nSPS) is 11.4. The van der Waals surface area contributed by atoms with Crippen LogP contribution in [0.4, 0.5) is 0 Å². The van der Waals surface area contributed by atoms with Crippen molar-refractivity contribution < 1.29 is 0 Å². The Morgan fingerprint density at radius 2 is 0.515 bits per heavy atom. The Labute approximate surface area is 596 Å². The van der Waals surface area contributed by atoms with E-state index < -0.39 is 0 Å². The second-order valence-corrected chi connectivity index (χ2v) is 26.0. The predicted octanol–water partition coefficient (Wildman–Crippen LogP) is 25.0. The van der Waals surface area contributed by atoms with Gasteiger partial charge in [0, 0.05) is 76.3 Å². The van der Waals surface area contributed by atoms with Crippen LogP contribution in [0.25, 0.3) is 156 Å². The lowest BCUT2D eigenvalue weighted by atomic mass is 10.0. The van der Waals surface area contributed by atoms with Gasteiger partial charge in [-0.2, -0.15) is 0 Å². The van der Waals surface area contributed by atoms with Crippen LogP contribution in [0.1, 0.15) is 11.1 Å². The minimum atomic E-state index is 0.550. The lowest BCUT2D eigenvalue weighted by molar-refractivity contribution is 1.12. The molecule has 478 valence electrons. The van der Waals surface area contributed by atoms with Crippen molar-refractivity contribution >= 4 is 66.8 Å². The molecule has 14 aromatic carbocycles. The Morgan fingerprint density at radius 1 is 0.218 bits per heavy atom. The summed E-state index contributed by atoms with van der Waals surface area (Å²) in [6.07, 6.45) is 1.10. The summed E-state index contributed by atoms with van der Waals surface area (Å²) < 4.78 is 4.77. The Hall–Kier alpha value is -12.6. The number of nitrogens with zero attached hydrogens (tertiary/aromatic N) is 6. The van der Waals surface area contributed by atoms with E-state index in [2.05, 4.69) is 294 Å². The van der Waals surface area contributed by atoms with Crippen molar-refractivity contribution in [1.29, 1.82) is 0 Å². The Kier molecular flexibility index (Phi) is 16.8. The zero-order valence-corrected chi connectivity index (χ0v) is 56.3. The van der Waals surface area contributed by atoms with Crippen LogP contribution in [0.5, 0.6) is 0 Å². The second kappa shape index (κ2) is 27.4. The molecule has 0 atom stereocenters. The SMILES string of the molecule is Clc1cc(Cl)cc(-c2nc(-c3ccccc3)cc(-c3cccc(-c4ccccc4)c3)n2)c1.c1ccc(-c2cccc(-c3cc(-c4ccccc4)nc(-c4cc(-n5c6ccccc6c6ccccc65)cc(-n5c6ccccc6c6ccccc65)c4)n3)c2)cc1.c1ccc2c(c1)Cc1ccccc1-2. The van der Waals surface area contributed by atoms with Gasteiger partial charge >= 0.3 is 0 Å². The van der Waals surface area contributed by atoms with Crippen LogP contribution in [0.15, 0.2) is 364 Å². The number of aromatic nitrogens is 6. The summed E-state index contributed by atoms with van der Waals surface area (Å²) in [5, 5.41) is 5.97. The molecule has 0 radical (unpaired) electrons. The molecule has 0 unspecified atom stereocenters. The van der Waals surface area contributed by atoms with Crippen molar-refractivity contribution in [3.8, 4) is 113 Å². The summed E-state index contributed by atoms with van der Waals surface area (Å²) >= 11 is 12.5. The quantitative estimate of drug-likeness (QED) is 0.137. The van der Waals surface area contributed by atoms with Gasteiger partial charge in [0.25, 0.3) is 0 Å². The highest BCUT2D eigenvalue weighted by molar-refractivity contribution is 6.35. The van der Waals surface area contributed by atoms with Crippen LogP contribution in [0.3, 0.4) is 0 Å². The third-order valence-corrected chi connectivity index (χ3v) is 19.2. The van der Waals surface area contributed by atoms with Gasteiger partial charge in [-0.15, -0.1) is 0 Å². The van der Waals surface area contributed by atoms with E-state index in [1.54, 1.807) is 6.07 Å². The summed E-state index contributed by atoms with van der Waals surface area (Å²) in [5.74, 6) is 1.24. The Morgan fingerprint density at radius 3 is 0.901 bits per heavy atom. The number of halogens is 2. The number of rotatable bonds is 10. The van der Waals surface area contributed by atoms with Crippen LogP contribution in [-0.4, -0.2) is 29.1 Å². The first-order valence-corrected chi connectivity index (χ1v) is 34.6. The third kappa shape index (κ3) is 12.6. The van der Waals surface area contributed by atoms with E-state index in [-0.39, 0.29) is 0 Å². The first kappa shape index (κ1) is 62.0. The lowest BCUT2D eigenvalue weighted by Gasteiger charge is -2.16. The Bertz CT molecular complexity index is 5780. The number of para-hydroxylation sites is 4. The number of fused-ring (bicyclic) bond motifs is 9. The van der Waals surface area contributed by atoms with Gasteiger partial charge < -0.3 is 9.13 Å². The van der Waals surface area contributed by atoms with E-state index >= 15 is 0 Å². The predicted molar refractivity (Wildman–Crippen MR) is 421 cm³/mol. The van der Waals surface area contributed by atoms with Gasteiger partial charge in [0.1, 0.15) is 0 Å². The van der Waals surface area contributed by atoms with E-state index in [9.17, 15) is 0 Å². The van der Waals surface area contributed by atoms with E-state index in [0.717, 1.165) is 113 Å². The molecule has 0 aliphatic heterocycles. The molecule has 19 rings (SSSR count). The second-order valence-electron chi connectivity index (χ2n) is 25.2. The van der Waals surface area contributed by atoms with Gasteiger partial charge in [0.15, 0.2) is 11.6 Å². The fraction of sp³-hybridized carbons (Fsp3) is 0.0108. The van der Waals surface area contributed by atoms with Crippen molar-refractivity contribution in [3.63, 3.8) is 0 Å². The molecule has 0 bridgehead atoms. The first-order chi connectivity index (χ1) is 49.9. The maximum Gasteiger partial charge on any atom is 0.160 e. The fourth-order valence-electron chi connectivity index (χ4n) is 14.1. The van der Waals surface area contributed by atoms with Gasteiger partial charge in [-0.05, 0) is 136 Å². The van der Waals surface area contributed by atoms with Gasteiger partial charge in [-0.3, -0.25) is 0 Å². The molecule has 0 saturated carbocycles. The Balaban J connectivity index is 0.000000140. The van der Waals surface area contributed by atoms with Crippen LogP contribution in [0.2, 0.25) is 10.0 Å². The molecule has 0 fully saturated rings. The number of hydrogen-bond donors (Lipinski definition) is 0. The molecule has 18 aromatic rings. The average molecular weight is 1330 g/mol. The molecule has 6 nitrogen and oxygen atoms in total. The average Bonchev–Trinajstić information content (AvgIpc) is 1.61. The van der Waals surface area contributed by atoms with Crippen LogP contribution in [-0.2, 0) is 6.42 Å². The molecule has 0 spiro atoms. The number of benzene rings is 14. The van der Waals surface area contributed by atoms with E-state index in [1.165, 1.54) is 49.4 Å². The summed E-state index contributed by atoms with van der Waals surface area (Å²) in [6, 6.07) is 127. The zero-order chi connectivity index (χ0) is 67.6. The molecule has 1 aliphatic carbocycles. The summed E-state index contributed by atoms with van der Waals surface area (Å²) in [6.45, 7) is 0. The van der Waals surface area contributed by atoms with Crippen molar-refractivity contribution in [2.24, 2.45) is 0 Å². The molecular formula is C93H62Cl2N6. The molecule has 4 heterocycles. The first-order valence-electron chi connectivity index (χ1n) is 33.8. The van der Waals surface area contributed by atoms with Crippen LogP contribution < -0.4 is 0 Å². The van der Waals surface area contributed by atoms with Gasteiger partial charge in [0.2, 0.25) is 0 Å². The molecule has 0 saturated heterocycles. The van der Waals surface area contributed by atoms with E-state index in [0.29, 0.717) is 21.7 Å². The highest BCUT2D eigenvalue weighted by Gasteiger charge is 2.21. The van der Waals surface area contributed by atoms with Crippen LogP contribution in [0, 0.1) is 0 Å². The van der Waals surface area contributed by atoms with Crippen molar-refractivity contribution in [2.45, 2.75) is 6.42 Å². The minimum Gasteiger partial charge on any atom is -0.309 e. The highest BCUT2D eigenvalue weighted by Crippen LogP contribution is 2.41. The molecule has 4 aromatic heterocycles. The van der Waals surface area contributed by atoms with Gasteiger partial charge in [-0.1, -0.05) is 302 Å². The highest BCUT2D eigenvalue weighted by atomic mass is 35.5. The molecule has 8 heteroatoms. The topological polar surface area (TPSA) is 61.4 Å². The fourth-order valence-corrected chi connectivity index (χ4v) is 14.6. The standard InChI is InChI=1S/C52H34N4.C28H18Cl2N2.C13H10/c1-3-16-35(17-4-1)37-20-15-21-38(30-37)47-34-46(36-18-5-2-6-19-36)53-52(54-47)39-31-40(55-48-26-11-7-22-42(48)43-23-8-12-27-49(43)55)33-41(32-39)56-50-28-13-9-24-44(50)45-25-10-14-29-51(45)56;29-24-15-23(16-25(30)17-24)28-31-26(20-10-5-2-6-11-20)18-27(32-28)22-13-7-12-21(14-22)19-8-3-1-4-9-19;1-3-7-12-10(5-1)9-11-6-2-4-8-13(11)12/h1-34H;1-18H;1-8H,9H2. The lowest BCUT2D eigenvalue weighted by Crippen LogP contribution is -2.02. The van der Waals surface area contributed by atoms with Gasteiger partial charge in [0.05, 0.1) is 44.8 Å². The molecule has 0 amide bonds. The molecule has 1 aliphatic rings. The van der Waals surface area contributed by atoms with E-state index in [1.807, 2.05) is 72.8 Å². The zero-order valence-electron chi connectivity index (χ0n) is 54.8. The van der Waals surface area contributed by atoms with Crippen LogP contribution >= 0.6 is 23.2 Å². The smallest absolute Gasteiger partial charge is 0.160 e. The molecule has 0 N–H and O–H groups in total. The summed E-state index contributed by atoms with van der Waals surface area (Å²) in [5.41, 5.74) is 26.3. The number of hydrogen-bond acceptors (Lipinski definition) is 4. The van der Waals surface area contributed by atoms with Crippen molar-refractivity contribution in [3.05, 3.63) is 385 Å². The van der Waals surface area contributed by atoms with Gasteiger partial charge in [-0.25, -0.2) is 19.9 Å². The minimum absolute atomic E-state index is 0.550. The summed E-state index contributed by atoms with van der Waals surface area (Å²) in [4.78, 5) is 20.5. The maximum atomic E-state index is 6.26. The van der Waals surface area contributed by atoms with E-state index in [4.69, 9.17) is 43.1 Å². The van der Waals surface area contributed by atoms with Crippen molar-refractivity contribution in [1.82, 2.24) is 29.1 Å². The molecular weight excluding hydrogens is 1270 g/mol. The van der Waals surface area contributed by atoms with Crippen molar-refractivity contribution in [2.75, 3.05) is 0 Å². The monoisotopic (exact) mass is 1330 g/mol. The summed E-state index contributed by atoms with van der Waals surface area (Å²) in [7, 11) is 0. The maximum absolute atomic E-state index is 6.26. The third-order valence-electron chi connectivity index (χ3n) is 18.8. The molecule has 101 heavy (non-hydrogen) atoms. The largest absolute Gasteiger partial charge is 0.309 e.